The fourth-order valence-electron chi connectivity index (χ4n) is 1.28. The molecule has 0 rings (SSSR count). The van der Waals surface area contributed by atoms with Crippen LogP contribution in [0.3, 0.4) is 0 Å². The summed E-state index contributed by atoms with van der Waals surface area (Å²) in [5.74, 6) is 0. The summed E-state index contributed by atoms with van der Waals surface area (Å²) < 4.78 is 63.9. The van der Waals surface area contributed by atoms with E-state index in [9.17, 15) is 22.0 Å². The standard InChI is InChI=1S/C10H15Cl2F5/c11-10(12)9(17)8(16)7(15)6(14)4-2-1-3-5-13/h6-10H,1-5H2. The zero-order chi connectivity index (χ0) is 13.4. The van der Waals surface area contributed by atoms with Crippen molar-refractivity contribution < 1.29 is 22.0 Å². The molecule has 4 atom stereocenters. The van der Waals surface area contributed by atoms with Crippen LogP contribution in [0.5, 0.6) is 0 Å². The van der Waals surface area contributed by atoms with E-state index in [2.05, 4.69) is 0 Å². The maximum atomic E-state index is 13.1. The lowest BCUT2D eigenvalue weighted by atomic mass is 10.0. The van der Waals surface area contributed by atoms with Gasteiger partial charge in [0, 0.05) is 0 Å². The summed E-state index contributed by atoms with van der Waals surface area (Å²) in [5.41, 5.74) is 0. The number of hydrogen-bond acceptors (Lipinski definition) is 0. The summed E-state index contributed by atoms with van der Waals surface area (Å²) in [5, 5.41) is 0. The van der Waals surface area contributed by atoms with Gasteiger partial charge in [-0.3, -0.25) is 4.39 Å². The van der Waals surface area contributed by atoms with Gasteiger partial charge in [0.05, 0.1) is 6.67 Å². The van der Waals surface area contributed by atoms with Gasteiger partial charge < -0.3 is 0 Å². The molecule has 17 heavy (non-hydrogen) atoms. The molecule has 104 valence electrons. The van der Waals surface area contributed by atoms with E-state index in [-0.39, 0.29) is 19.3 Å². The van der Waals surface area contributed by atoms with Crippen LogP contribution in [0, 0.1) is 0 Å². The Hall–Kier alpha value is 0.230. The second-order valence-electron chi connectivity index (χ2n) is 3.72. The molecule has 0 N–H and O–H groups in total. The monoisotopic (exact) mass is 300 g/mol. The van der Waals surface area contributed by atoms with Crippen molar-refractivity contribution in [1.82, 2.24) is 0 Å². The maximum absolute atomic E-state index is 13.1. The van der Waals surface area contributed by atoms with Crippen molar-refractivity contribution in [3.05, 3.63) is 0 Å². The third kappa shape index (κ3) is 6.65. The van der Waals surface area contributed by atoms with Crippen LogP contribution in [-0.4, -0.2) is 36.2 Å². The molecular weight excluding hydrogens is 286 g/mol. The second kappa shape index (κ2) is 9.20. The highest BCUT2D eigenvalue weighted by Crippen LogP contribution is 2.26. The van der Waals surface area contributed by atoms with Crippen LogP contribution in [-0.2, 0) is 0 Å². The lowest BCUT2D eigenvalue weighted by molar-refractivity contribution is 0.0332. The number of hydrogen-bond donors (Lipinski definition) is 0. The van der Waals surface area contributed by atoms with Crippen molar-refractivity contribution >= 4 is 23.2 Å². The molecule has 0 heterocycles. The van der Waals surface area contributed by atoms with Crippen LogP contribution in [0.25, 0.3) is 0 Å². The predicted octanol–water partition coefficient (Wildman–Crippen LogP) is 4.67. The Morgan fingerprint density at radius 2 is 1.35 bits per heavy atom. The molecule has 0 bridgehead atoms. The summed E-state index contributed by atoms with van der Waals surface area (Å²) in [6.07, 6.45) is -9.30. The summed E-state index contributed by atoms with van der Waals surface area (Å²) in [6, 6.07) is 0. The van der Waals surface area contributed by atoms with Gasteiger partial charge in [0.1, 0.15) is 11.0 Å². The van der Waals surface area contributed by atoms with Crippen LogP contribution >= 0.6 is 23.2 Å². The summed E-state index contributed by atoms with van der Waals surface area (Å²) in [4.78, 5) is -1.73. The Balaban J connectivity index is 3.98. The van der Waals surface area contributed by atoms with Crippen molar-refractivity contribution in [3.63, 3.8) is 0 Å². The maximum Gasteiger partial charge on any atom is 0.168 e. The van der Waals surface area contributed by atoms with Crippen molar-refractivity contribution in [1.29, 1.82) is 0 Å². The Labute approximate surface area is 107 Å². The minimum Gasteiger partial charge on any atom is -0.251 e. The SMILES string of the molecule is FCCCCCC(F)C(F)C(F)C(F)C(Cl)Cl. The normalized spacial score (nSPS) is 19.1. The van der Waals surface area contributed by atoms with Gasteiger partial charge in [-0.2, -0.15) is 0 Å². The second-order valence-corrected chi connectivity index (χ2v) is 4.89. The number of rotatable bonds is 9. The van der Waals surface area contributed by atoms with E-state index in [1.54, 1.807) is 0 Å². The van der Waals surface area contributed by atoms with Crippen LogP contribution in [0.1, 0.15) is 25.7 Å². The van der Waals surface area contributed by atoms with Gasteiger partial charge in [0.15, 0.2) is 18.5 Å². The van der Waals surface area contributed by atoms with Crippen LogP contribution in [0.15, 0.2) is 0 Å². The highest BCUT2D eigenvalue weighted by molar-refractivity contribution is 6.44. The van der Waals surface area contributed by atoms with Crippen LogP contribution < -0.4 is 0 Å². The number of unbranched alkanes of at least 4 members (excludes halogenated alkanes) is 2. The molecule has 0 radical (unpaired) electrons. The highest BCUT2D eigenvalue weighted by atomic mass is 35.5. The Morgan fingerprint density at radius 1 is 0.765 bits per heavy atom. The molecule has 0 saturated carbocycles. The first-order chi connectivity index (χ1) is 7.91. The number of halogens is 7. The van der Waals surface area contributed by atoms with Crippen molar-refractivity contribution in [2.24, 2.45) is 0 Å². The van der Waals surface area contributed by atoms with E-state index in [1.807, 2.05) is 0 Å². The molecule has 7 heteroatoms. The van der Waals surface area contributed by atoms with Gasteiger partial charge in [0.25, 0.3) is 0 Å². The van der Waals surface area contributed by atoms with E-state index in [0.29, 0.717) is 6.42 Å². The quantitative estimate of drug-likeness (QED) is 0.330. The van der Waals surface area contributed by atoms with Gasteiger partial charge in [0.2, 0.25) is 0 Å². The van der Waals surface area contributed by atoms with Crippen molar-refractivity contribution in [3.8, 4) is 0 Å². The average Bonchev–Trinajstić information content (AvgIpc) is 2.31. The fourth-order valence-corrected chi connectivity index (χ4v) is 1.56. The number of alkyl halides is 7. The van der Waals surface area contributed by atoms with E-state index in [4.69, 9.17) is 23.2 Å². The van der Waals surface area contributed by atoms with E-state index >= 15 is 0 Å². The zero-order valence-corrected chi connectivity index (χ0v) is 10.6. The Kier molecular flexibility index (Phi) is 9.32. The minimum atomic E-state index is -2.69. The first-order valence-electron chi connectivity index (χ1n) is 5.32. The highest BCUT2D eigenvalue weighted by Gasteiger charge is 2.38. The molecule has 0 fully saturated rings. The smallest absolute Gasteiger partial charge is 0.168 e. The summed E-state index contributed by atoms with van der Waals surface area (Å²) in [6.45, 7) is -0.533. The van der Waals surface area contributed by atoms with E-state index in [1.165, 1.54) is 0 Å². The molecule has 0 nitrogen and oxygen atoms in total. The van der Waals surface area contributed by atoms with Gasteiger partial charge in [-0.25, -0.2) is 17.6 Å². The van der Waals surface area contributed by atoms with Crippen LogP contribution in [0.4, 0.5) is 22.0 Å². The topological polar surface area (TPSA) is 0 Å². The van der Waals surface area contributed by atoms with Crippen LogP contribution in [0.2, 0.25) is 0 Å². The van der Waals surface area contributed by atoms with Gasteiger partial charge in [-0.1, -0.05) is 12.8 Å². The molecular formula is C10H15Cl2F5. The zero-order valence-electron chi connectivity index (χ0n) is 9.07. The molecule has 0 aromatic heterocycles. The third-order valence-electron chi connectivity index (χ3n) is 2.31. The van der Waals surface area contributed by atoms with Gasteiger partial charge in [-0.15, -0.1) is 23.2 Å². The molecule has 0 spiro atoms. The Bertz CT molecular complexity index is 194. The van der Waals surface area contributed by atoms with Gasteiger partial charge >= 0.3 is 0 Å². The lowest BCUT2D eigenvalue weighted by Crippen LogP contribution is -2.37. The molecule has 0 saturated heterocycles. The molecule has 0 aliphatic carbocycles. The molecule has 4 unspecified atom stereocenters. The summed E-state index contributed by atoms with van der Waals surface area (Å²) >= 11 is 10.1. The van der Waals surface area contributed by atoms with E-state index < -0.39 is 36.2 Å². The molecule has 0 aromatic carbocycles. The largest absolute Gasteiger partial charge is 0.251 e. The molecule has 0 amide bonds. The van der Waals surface area contributed by atoms with Gasteiger partial charge in [-0.05, 0) is 12.8 Å². The molecule has 0 aromatic rings. The average molecular weight is 301 g/mol. The summed E-state index contributed by atoms with van der Waals surface area (Å²) in [7, 11) is 0. The minimum absolute atomic E-state index is 0.223. The first-order valence-corrected chi connectivity index (χ1v) is 6.19. The van der Waals surface area contributed by atoms with Crippen molar-refractivity contribution in [2.45, 2.75) is 55.2 Å². The first kappa shape index (κ1) is 17.2. The lowest BCUT2D eigenvalue weighted by Gasteiger charge is -2.20. The van der Waals surface area contributed by atoms with E-state index in [0.717, 1.165) is 0 Å². The molecule has 0 aliphatic rings. The van der Waals surface area contributed by atoms with Crippen molar-refractivity contribution in [2.75, 3.05) is 6.67 Å². The Morgan fingerprint density at radius 3 is 1.82 bits per heavy atom. The predicted molar refractivity (Wildman–Crippen MR) is 59.5 cm³/mol. The molecule has 0 aliphatic heterocycles. The fraction of sp³-hybridized carbons (Fsp3) is 1.00. The third-order valence-corrected chi connectivity index (χ3v) is 2.79.